The molecule has 10 heavy (non-hydrogen) atoms. The van der Waals surface area contributed by atoms with Crippen molar-refractivity contribution < 1.29 is 4.74 Å². The van der Waals surface area contributed by atoms with Crippen molar-refractivity contribution in [2.75, 3.05) is 6.61 Å². The van der Waals surface area contributed by atoms with Gasteiger partial charge >= 0.3 is 0 Å². The van der Waals surface area contributed by atoms with Crippen LogP contribution in [0.1, 0.15) is 19.3 Å². The summed E-state index contributed by atoms with van der Waals surface area (Å²) in [4.78, 5) is 0. The molecular formula is C6H16N2OSi. The minimum absolute atomic E-state index is 0.127. The second-order valence-electron chi connectivity index (χ2n) is 3.14. The van der Waals surface area contributed by atoms with E-state index in [0.29, 0.717) is 0 Å². The SMILES string of the molecule is NC(N)C1([SiH3])CCCCO1. The van der Waals surface area contributed by atoms with Crippen LogP contribution in [0.15, 0.2) is 0 Å². The number of rotatable bonds is 1. The molecule has 1 unspecified atom stereocenters. The van der Waals surface area contributed by atoms with Crippen LogP contribution in [0.2, 0.25) is 0 Å². The second-order valence-corrected chi connectivity index (χ2v) is 4.84. The first-order valence-electron chi connectivity index (χ1n) is 3.80. The van der Waals surface area contributed by atoms with E-state index in [1.54, 1.807) is 0 Å². The summed E-state index contributed by atoms with van der Waals surface area (Å²) in [6.07, 6.45) is 3.15. The Kier molecular flexibility index (Phi) is 2.46. The topological polar surface area (TPSA) is 61.3 Å². The lowest BCUT2D eigenvalue weighted by atomic mass is 10.1. The highest BCUT2D eigenvalue weighted by molar-refractivity contribution is 6.15. The molecule has 0 aromatic carbocycles. The molecule has 0 amide bonds. The molecule has 1 aliphatic rings. The van der Waals surface area contributed by atoms with E-state index in [9.17, 15) is 0 Å². The van der Waals surface area contributed by atoms with Crippen molar-refractivity contribution >= 4 is 10.2 Å². The third-order valence-corrected chi connectivity index (χ3v) is 3.66. The first-order chi connectivity index (χ1) is 4.65. The third kappa shape index (κ3) is 1.57. The molecule has 1 fully saturated rings. The van der Waals surface area contributed by atoms with Crippen LogP contribution in [0.3, 0.4) is 0 Å². The fraction of sp³-hybridized carbons (Fsp3) is 1.00. The summed E-state index contributed by atoms with van der Waals surface area (Å²) in [7, 11) is 0.942. The monoisotopic (exact) mass is 160 g/mol. The quantitative estimate of drug-likeness (QED) is 0.362. The van der Waals surface area contributed by atoms with Gasteiger partial charge in [-0.15, -0.1) is 0 Å². The maximum Gasteiger partial charge on any atom is 0.0778 e. The Morgan fingerprint density at radius 1 is 1.40 bits per heavy atom. The molecule has 1 rings (SSSR count). The van der Waals surface area contributed by atoms with Gasteiger partial charge in [-0.1, -0.05) is 0 Å². The lowest BCUT2D eigenvalue weighted by molar-refractivity contribution is -0.0323. The highest BCUT2D eigenvalue weighted by Gasteiger charge is 2.31. The van der Waals surface area contributed by atoms with Crippen molar-refractivity contribution in [1.82, 2.24) is 0 Å². The van der Waals surface area contributed by atoms with E-state index in [-0.39, 0.29) is 11.4 Å². The first kappa shape index (κ1) is 8.20. The van der Waals surface area contributed by atoms with Crippen molar-refractivity contribution in [3.63, 3.8) is 0 Å². The maximum absolute atomic E-state index is 5.59. The molecule has 0 aromatic heterocycles. The van der Waals surface area contributed by atoms with Gasteiger partial charge in [0.2, 0.25) is 0 Å². The Labute approximate surface area is 64.5 Å². The zero-order chi connectivity index (χ0) is 7.61. The van der Waals surface area contributed by atoms with Crippen molar-refractivity contribution in [2.45, 2.75) is 30.7 Å². The van der Waals surface area contributed by atoms with E-state index in [0.717, 1.165) is 29.7 Å². The van der Waals surface area contributed by atoms with Gasteiger partial charge in [-0.2, -0.15) is 0 Å². The highest BCUT2D eigenvalue weighted by Crippen LogP contribution is 2.21. The fourth-order valence-electron chi connectivity index (χ4n) is 1.22. The fourth-order valence-corrected chi connectivity index (χ4v) is 1.78. The predicted molar refractivity (Wildman–Crippen MR) is 44.6 cm³/mol. The van der Waals surface area contributed by atoms with Crippen molar-refractivity contribution in [3.8, 4) is 0 Å². The molecule has 0 bridgehead atoms. The molecule has 3 nitrogen and oxygen atoms in total. The van der Waals surface area contributed by atoms with Gasteiger partial charge in [0, 0.05) is 16.8 Å². The molecule has 4 N–H and O–H groups in total. The molecule has 1 aliphatic heterocycles. The third-order valence-electron chi connectivity index (χ3n) is 2.20. The van der Waals surface area contributed by atoms with E-state index in [1.165, 1.54) is 6.42 Å². The van der Waals surface area contributed by atoms with Crippen LogP contribution in [0.5, 0.6) is 0 Å². The van der Waals surface area contributed by atoms with Gasteiger partial charge in [0.05, 0.1) is 11.4 Å². The predicted octanol–water partition coefficient (Wildman–Crippen LogP) is -1.51. The Bertz CT molecular complexity index is 112. The zero-order valence-corrected chi connectivity index (χ0v) is 8.47. The largest absolute Gasteiger partial charge is 0.377 e. The summed E-state index contributed by atoms with van der Waals surface area (Å²) in [6, 6.07) is 0. The van der Waals surface area contributed by atoms with Gasteiger partial charge in [-0.25, -0.2) is 0 Å². The summed E-state index contributed by atoms with van der Waals surface area (Å²) in [6.45, 7) is 0.842. The first-order valence-corrected chi connectivity index (χ1v) is 4.80. The molecule has 1 saturated heterocycles. The van der Waals surface area contributed by atoms with Crippen LogP contribution in [0, 0.1) is 0 Å². The normalized spacial score (nSPS) is 35.1. The van der Waals surface area contributed by atoms with Crippen LogP contribution >= 0.6 is 0 Å². The molecular weight excluding hydrogens is 144 g/mol. The van der Waals surface area contributed by atoms with Crippen molar-refractivity contribution in [1.29, 1.82) is 0 Å². The van der Waals surface area contributed by atoms with Gasteiger partial charge in [0.15, 0.2) is 0 Å². The van der Waals surface area contributed by atoms with E-state index in [2.05, 4.69) is 0 Å². The van der Waals surface area contributed by atoms with E-state index < -0.39 is 0 Å². The van der Waals surface area contributed by atoms with Crippen LogP contribution in [0.4, 0.5) is 0 Å². The summed E-state index contributed by atoms with van der Waals surface area (Å²) in [5.41, 5.74) is 11.2. The molecule has 4 heteroatoms. The van der Waals surface area contributed by atoms with Crippen LogP contribution in [0.25, 0.3) is 0 Å². The van der Waals surface area contributed by atoms with E-state index in [1.807, 2.05) is 0 Å². The van der Waals surface area contributed by atoms with Gasteiger partial charge in [-0.05, 0) is 19.3 Å². The Morgan fingerprint density at radius 2 is 2.10 bits per heavy atom. The number of hydrogen-bond donors (Lipinski definition) is 2. The summed E-state index contributed by atoms with van der Waals surface area (Å²) in [5, 5.41) is -0.127. The minimum atomic E-state index is -0.278. The smallest absolute Gasteiger partial charge is 0.0778 e. The zero-order valence-electron chi connectivity index (χ0n) is 6.47. The minimum Gasteiger partial charge on any atom is -0.377 e. The van der Waals surface area contributed by atoms with Gasteiger partial charge in [-0.3, -0.25) is 0 Å². The van der Waals surface area contributed by atoms with Gasteiger partial charge in [0.25, 0.3) is 0 Å². The maximum atomic E-state index is 5.59. The van der Waals surface area contributed by atoms with Crippen LogP contribution < -0.4 is 11.5 Å². The molecule has 1 atom stereocenters. The molecule has 1 heterocycles. The summed E-state index contributed by atoms with van der Waals surface area (Å²) < 4.78 is 5.54. The Balaban J connectivity index is 2.48. The molecule has 0 saturated carbocycles. The average Bonchev–Trinajstić information content (AvgIpc) is 1.89. The van der Waals surface area contributed by atoms with E-state index >= 15 is 0 Å². The van der Waals surface area contributed by atoms with Crippen molar-refractivity contribution in [2.24, 2.45) is 11.5 Å². The number of ether oxygens (including phenoxy) is 1. The average molecular weight is 160 g/mol. The Morgan fingerprint density at radius 3 is 2.40 bits per heavy atom. The van der Waals surface area contributed by atoms with E-state index in [4.69, 9.17) is 16.2 Å². The number of hydrogen-bond acceptors (Lipinski definition) is 3. The van der Waals surface area contributed by atoms with Gasteiger partial charge in [0.1, 0.15) is 0 Å². The molecule has 60 valence electrons. The second kappa shape index (κ2) is 3.00. The lowest BCUT2D eigenvalue weighted by Crippen LogP contribution is -2.57. The molecule has 0 aromatic rings. The van der Waals surface area contributed by atoms with Crippen molar-refractivity contribution in [3.05, 3.63) is 0 Å². The highest BCUT2D eigenvalue weighted by atomic mass is 28.1. The van der Waals surface area contributed by atoms with Crippen LogP contribution in [-0.2, 0) is 4.74 Å². The van der Waals surface area contributed by atoms with Gasteiger partial charge < -0.3 is 16.2 Å². The summed E-state index contributed by atoms with van der Waals surface area (Å²) >= 11 is 0. The summed E-state index contributed by atoms with van der Waals surface area (Å²) in [5.74, 6) is 0. The Hall–Kier alpha value is 0.0969. The van der Waals surface area contributed by atoms with Crippen LogP contribution in [-0.4, -0.2) is 28.2 Å². The molecule has 0 spiro atoms. The number of nitrogens with two attached hydrogens (primary N) is 2. The molecule has 0 aliphatic carbocycles. The standard InChI is InChI=1S/C6H16N2OSi/c7-5(8)6(10)3-1-2-4-9-6/h5H,1-4,7-8H2,10H3. The lowest BCUT2D eigenvalue weighted by Gasteiger charge is -2.36. The molecule has 0 radical (unpaired) electrons.